The maximum atomic E-state index is 12.1. The topological polar surface area (TPSA) is 32.3 Å². The third kappa shape index (κ3) is 4.08. The zero-order chi connectivity index (χ0) is 13.7. The number of carbonyl (C=O) groups excluding carboxylic acids is 1. The molecule has 0 bridgehead atoms. The number of piperidine rings is 1. The number of nitrogens with zero attached hydrogens (tertiary/aromatic N) is 1. The molecule has 0 radical (unpaired) electrons. The van der Waals surface area contributed by atoms with Gasteiger partial charge in [0.25, 0.3) is 0 Å². The van der Waals surface area contributed by atoms with Gasteiger partial charge in [-0.1, -0.05) is 23.7 Å². The molecule has 0 aliphatic carbocycles. The molecule has 1 aromatic rings. The summed E-state index contributed by atoms with van der Waals surface area (Å²) in [5.74, 6) is 0.0786. The average Bonchev–Trinajstić information content (AvgIpc) is 2.46. The van der Waals surface area contributed by atoms with Crippen molar-refractivity contribution >= 4 is 23.6 Å². The smallest absolute Gasteiger partial charge is 0.246 e. The summed E-state index contributed by atoms with van der Waals surface area (Å²) in [6, 6.07) is 7.87. The molecule has 0 saturated carbocycles. The van der Waals surface area contributed by atoms with E-state index in [4.69, 9.17) is 11.6 Å². The molecule has 1 aromatic carbocycles. The molecule has 1 fully saturated rings. The van der Waals surface area contributed by atoms with Crippen LogP contribution in [0.1, 0.15) is 18.4 Å². The van der Waals surface area contributed by atoms with Crippen LogP contribution in [0.3, 0.4) is 0 Å². The Hall–Kier alpha value is -1.32. The van der Waals surface area contributed by atoms with Crippen molar-refractivity contribution in [2.24, 2.45) is 0 Å². The van der Waals surface area contributed by atoms with Gasteiger partial charge in [0, 0.05) is 30.2 Å². The average molecular weight is 279 g/mol. The molecule has 3 nitrogen and oxygen atoms in total. The van der Waals surface area contributed by atoms with Crippen LogP contribution in [0.2, 0.25) is 5.02 Å². The highest BCUT2D eigenvalue weighted by Crippen LogP contribution is 2.13. The second-order valence-electron chi connectivity index (χ2n) is 4.80. The minimum absolute atomic E-state index is 0.0786. The Labute approximate surface area is 119 Å². The maximum Gasteiger partial charge on any atom is 0.246 e. The lowest BCUT2D eigenvalue weighted by Gasteiger charge is -2.31. The monoisotopic (exact) mass is 278 g/mol. The summed E-state index contributed by atoms with van der Waals surface area (Å²) in [5, 5.41) is 3.94. The number of amides is 1. The fourth-order valence-electron chi connectivity index (χ4n) is 2.26. The molecule has 102 valence electrons. The Kier molecular flexibility index (Phi) is 5.00. The molecule has 1 aliphatic rings. The van der Waals surface area contributed by atoms with Crippen LogP contribution in [0, 0.1) is 0 Å². The van der Waals surface area contributed by atoms with Gasteiger partial charge < -0.3 is 10.2 Å². The van der Waals surface area contributed by atoms with E-state index < -0.39 is 0 Å². The molecule has 0 spiro atoms. The minimum atomic E-state index is 0.0786. The number of likely N-dealkylation sites (tertiary alicyclic amines) is 1. The normalized spacial score (nSPS) is 19.9. The number of likely N-dealkylation sites (N-methyl/N-ethyl adjacent to an activating group) is 1. The predicted octanol–water partition coefficient (Wildman–Crippen LogP) is 2.56. The van der Waals surface area contributed by atoms with Crippen LogP contribution in [-0.2, 0) is 4.79 Å². The highest BCUT2D eigenvalue weighted by atomic mass is 35.5. The first-order chi connectivity index (χ1) is 9.19. The Bertz CT molecular complexity index is 456. The van der Waals surface area contributed by atoms with Crippen LogP contribution in [0.5, 0.6) is 0 Å². The molecule has 4 heteroatoms. The number of hydrogen-bond donors (Lipinski definition) is 1. The van der Waals surface area contributed by atoms with E-state index in [0.29, 0.717) is 11.1 Å². The first-order valence-electron chi connectivity index (χ1n) is 6.59. The van der Waals surface area contributed by atoms with Crippen molar-refractivity contribution in [2.75, 3.05) is 20.1 Å². The zero-order valence-corrected chi connectivity index (χ0v) is 11.9. The number of nitrogens with one attached hydrogen (secondary N) is 1. The molecule has 1 atom stereocenters. The number of hydrogen-bond acceptors (Lipinski definition) is 2. The summed E-state index contributed by atoms with van der Waals surface area (Å²) in [7, 11) is 1.95. The van der Waals surface area contributed by atoms with E-state index in [0.717, 1.165) is 31.5 Å². The molecule has 1 amide bonds. The Morgan fingerprint density at radius 2 is 2.16 bits per heavy atom. The van der Waals surface area contributed by atoms with Gasteiger partial charge >= 0.3 is 0 Å². The Balaban J connectivity index is 1.94. The van der Waals surface area contributed by atoms with Crippen LogP contribution < -0.4 is 5.32 Å². The molecular formula is C15H19ClN2O. The van der Waals surface area contributed by atoms with Crippen molar-refractivity contribution in [1.29, 1.82) is 0 Å². The SMILES string of the molecule is CN[C@@H]1CCCN(C(=O)/C=C/c2ccc(Cl)cc2)C1. The summed E-state index contributed by atoms with van der Waals surface area (Å²) >= 11 is 5.82. The van der Waals surface area contributed by atoms with E-state index >= 15 is 0 Å². The summed E-state index contributed by atoms with van der Waals surface area (Å²) < 4.78 is 0. The number of benzene rings is 1. The fraction of sp³-hybridized carbons (Fsp3) is 0.400. The summed E-state index contributed by atoms with van der Waals surface area (Å²) in [4.78, 5) is 14.0. The van der Waals surface area contributed by atoms with E-state index in [-0.39, 0.29) is 5.91 Å². The standard InChI is InChI=1S/C15H19ClN2O/c1-17-14-3-2-10-18(11-14)15(19)9-6-12-4-7-13(16)8-5-12/h4-9,14,17H,2-3,10-11H2,1H3/b9-6+/t14-/m1/s1. The van der Waals surface area contributed by atoms with Crippen molar-refractivity contribution in [3.05, 3.63) is 40.9 Å². The maximum absolute atomic E-state index is 12.1. The Morgan fingerprint density at radius 1 is 1.42 bits per heavy atom. The molecule has 2 rings (SSSR count). The van der Waals surface area contributed by atoms with Gasteiger partial charge in [-0.05, 0) is 43.7 Å². The quantitative estimate of drug-likeness (QED) is 0.862. The number of halogens is 1. The van der Waals surface area contributed by atoms with Gasteiger partial charge in [-0.25, -0.2) is 0 Å². The van der Waals surface area contributed by atoms with E-state index in [1.165, 1.54) is 0 Å². The van der Waals surface area contributed by atoms with Gasteiger partial charge in [0.15, 0.2) is 0 Å². The van der Waals surface area contributed by atoms with Crippen molar-refractivity contribution in [3.63, 3.8) is 0 Å². The highest BCUT2D eigenvalue weighted by Gasteiger charge is 2.20. The number of carbonyl (C=O) groups is 1. The molecule has 1 saturated heterocycles. The first-order valence-corrected chi connectivity index (χ1v) is 6.96. The van der Waals surface area contributed by atoms with Gasteiger partial charge in [-0.15, -0.1) is 0 Å². The fourth-order valence-corrected chi connectivity index (χ4v) is 2.39. The predicted molar refractivity (Wildman–Crippen MR) is 79.1 cm³/mol. The van der Waals surface area contributed by atoms with E-state index in [9.17, 15) is 4.79 Å². The van der Waals surface area contributed by atoms with Crippen LogP contribution in [-0.4, -0.2) is 37.0 Å². The summed E-state index contributed by atoms with van der Waals surface area (Å²) in [6.07, 6.45) is 5.68. The lowest BCUT2D eigenvalue weighted by molar-refractivity contribution is -0.127. The van der Waals surface area contributed by atoms with Crippen LogP contribution in [0.15, 0.2) is 30.3 Å². The molecule has 0 aromatic heterocycles. The van der Waals surface area contributed by atoms with Gasteiger partial charge in [0.1, 0.15) is 0 Å². The highest BCUT2D eigenvalue weighted by molar-refractivity contribution is 6.30. The largest absolute Gasteiger partial charge is 0.338 e. The molecule has 19 heavy (non-hydrogen) atoms. The molecule has 1 heterocycles. The zero-order valence-electron chi connectivity index (χ0n) is 11.1. The van der Waals surface area contributed by atoms with E-state index in [2.05, 4.69) is 5.32 Å². The Morgan fingerprint density at radius 3 is 2.84 bits per heavy atom. The molecule has 1 N–H and O–H groups in total. The molecule has 1 aliphatic heterocycles. The van der Waals surface area contributed by atoms with Gasteiger partial charge in [-0.3, -0.25) is 4.79 Å². The van der Waals surface area contributed by atoms with Gasteiger partial charge in [0.05, 0.1) is 0 Å². The van der Waals surface area contributed by atoms with Crippen molar-refractivity contribution < 1.29 is 4.79 Å². The minimum Gasteiger partial charge on any atom is -0.338 e. The lowest BCUT2D eigenvalue weighted by Crippen LogP contribution is -2.46. The third-order valence-electron chi connectivity index (χ3n) is 3.43. The summed E-state index contributed by atoms with van der Waals surface area (Å²) in [5.41, 5.74) is 0.986. The van der Waals surface area contributed by atoms with E-state index in [1.54, 1.807) is 6.08 Å². The first kappa shape index (κ1) is 14.1. The third-order valence-corrected chi connectivity index (χ3v) is 3.68. The summed E-state index contributed by atoms with van der Waals surface area (Å²) in [6.45, 7) is 1.64. The lowest BCUT2D eigenvalue weighted by atomic mass is 10.1. The van der Waals surface area contributed by atoms with Gasteiger partial charge in [-0.2, -0.15) is 0 Å². The number of rotatable bonds is 3. The van der Waals surface area contributed by atoms with Crippen molar-refractivity contribution in [2.45, 2.75) is 18.9 Å². The van der Waals surface area contributed by atoms with E-state index in [1.807, 2.05) is 42.3 Å². The van der Waals surface area contributed by atoms with Crippen LogP contribution >= 0.6 is 11.6 Å². The van der Waals surface area contributed by atoms with Crippen LogP contribution in [0.4, 0.5) is 0 Å². The van der Waals surface area contributed by atoms with Crippen molar-refractivity contribution in [3.8, 4) is 0 Å². The van der Waals surface area contributed by atoms with Crippen molar-refractivity contribution in [1.82, 2.24) is 10.2 Å². The molecule has 0 unspecified atom stereocenters. The van der Waals surface area contributed by atoms with Crippen LogP contribution in [0.25, 0.3) is 6.08 Å². The second-order valence-corrected chi connectivity index (χ2v) is 5.23. The second kappa shape index (κ2) is 6.73. The van der Waals surface area contributed by atoms with Gasteiger partial charge in [0.2, 0.25) is 5.91 Å². The molecular weight excluding hydrogens is 260 g/mol.